The summed E-state index contributed by atoms with van der Waals surface area (Å²) in [6.45, 7) is 1.03. The molecule has 0 aliphatic rings. The molecule has 12 nitrogen and oxygen atoms in total. The fourth-order valence-electron chi connectivity index (χ4n) is 2.29. The van der Waals surface area contributed by atoms with Crippen LogP contribution < -0.4 is 0 Å². The Morgan fingerprint density at radius 3 is 1.66 bits per heavy atom. The minimum absolute atomic E-state index is 0.161. The molecule has 0 heterocycles. The molecule has 29 heavy (non-hydrogen) atoms. The second-order valence-corrected chi connectivity index (χ2v) is 7.46. The first-order chi connectivity index (χ1) is 13.9. The van der Waals surface area contributed by atoms with Crippen LogP contribution in [-0.4, -0.2) is 111 Å². The fraction of sp³-hybridized carbons (Fsp3) is 1.00. The third kappa shape index (κ3) is 14.9. The highest BCUT2D eigenvalue weighted by Crippen LogP contribution is 2.37. The van der Waals surface area contributed by atoms with Gasteiger partial charge in [0, 0.05) is 20.8 Å². The Labute approximate surface area is 173 Å². The van der Waals surface area contributed by atoms with Gasteiger partial charge in [0.2, 0.25) is 0 Å². The highest BCUT2D eigenvalue weighted by molar-refractivity contribution is 7.39. The Balaban J connectivity index is 5.04. The van der Waals surface area contributed by atoms with Crippen LogP contribution in [0, 0.1) is 5.41 Å². The van der Waals surface area contributed by atoms with Crippen LogP contribution in [0.1, 0.15) is 6.42 Å². The Hall–Kier alpha value is 0.380. The van der Waals surface area contributed by atoms with E-state index in [1.165, 1.54) is 0 Å². The summed E-state index contributed by atoms with van der Waals surface area (Å²) in [5.74, 6) is 0. The van der Waals surface area contributed by atoms with E-state index in [0.29, 0.717) is 32.8 Å². The summed E-state index contributed by atoms with van der Waals surface area (Å²) in [4.78, 5) is 36.4. The molecule has 0 aliphatic heterocycles. The van der Waals surface area contributed by atoms with Crippen LogP contribution in [0.2, 0.25) is 0 Å². The number of ether oxygens (including phenoxy) is 5. The second-order valence-electron chi connectivity index (χ2n) is 5.93. The average Bonchev–Trinajstić information content (AvgIpc) is 2.69. The quantitative estimate of drug-likeness (QED) is 0.109. The molecule has 0 fully saturated rings. The lowest BCUT2D eigenvalue weighted by Crippen LogP contribution is -2.48. The van der Waals surface area contributed by atoms with Gasteiger partial charge in [0.1, 0.15) is 0 Å². The van der Waals surface area contributed by atoms with Crippen LogP contribution in [0.3, 0.4) is 0 Å². The molecular weight excluding hydrogens is 434 g/mol. The predicted molar refractivity (Wildman–Crippen MR) is 104 cm³/mol. The first kappa shape index (κ1) is 29.4. The Bertz CT molecular complexity index is 352. The molecule has 1 unspecified atom stereocenters. The van der Waals surface area contributed by atoms with Crippen LogP contribution >= 0.6 is 17.2 Å². The summed E-state index contributed by atoms with van der Waals surface area (Å²) in [6.07, 6.45) is -0.440. The Kier molecular flexibility index (Phi) is 19.3. The Morgan fingerprint density at radius 2 is 1.21 bits per heavy atom. The molecule has 0 saturated heterocycles. The van der Waals surface area contributed by atoms with Crippen LogP contribution in [0.4, 0.5) is 0 Å². The molecule has 0 rings (SSSR count). The number of hydrogen-bond acceptors (Lipinski definition) is 12. The lowest BCUT2D eigenvalue weighted by Gasteiger charge is -2.38. The zero-order valence-corrected chi connectivity index (χ0v) is 18.6. The molecule has 0 saturated carbocycles. The number of aliphatic hydroxyl groups is 1. The molecule has 176 valence electrons. The number of aliphatic hydroxyl groups excluding tert-OH is 1. The highest BCUT2D eigenvalue weighted by atomic mass is 31.2. The van der Waals surface area contributed by atoms with E-state index in [1.54, 1.807) is 14.2 Å². The molecule has 14 heteroatoms. The molecule has 0 bridgehead atoms. The molecular formula is C15H34O12P2. The summed E-state index contributed by atoms with van der Waals surface area (Å²) in [7, 11) is -2.28. The van der Waals surface area contributed by atoms with Crippen molar-refractivity contribution in [3.63, 3.8) is 0 Å². The van der Waals surface area contributed by atoms with E-state index in [1.807, 2.05) is 0 Å². The van der Waals surface area contributed by atoms with Gasteiger partial charge in [-0.3, -0.25) is 0 Å². The molecule has 5 N–H and O–H groups in total. The molecule has 0 aromatic rings. The standard InChI is InChI=1S/C15H34O12P2/c1-21-5-7-23-4-3-14(25-10-9-24-8-6-22-2)15(11-16,12-26-28(17)18)13-27-29(19)20/h14,16-20H,3-13H2,1-2H3. The smallest absolute Gasteiger partial charge is 0.327 e. The summed E-state index contributed by atoms with van der Waals surface area (Å²) in [5.41, 5.74) is -1.30. The lowest BCUT2D eigenvalue weighted by atomic mass is 9.82. The molecule has 0 amide bonds. The number of methoxy groups -OCH3 is 2. The Morgan fingerprint density at radius 1 is 0.724 bits per heavy atom. The largest absolute Gasteiger partial charge is 0.396 e. The van der Waals surface area contributed by atoms with E-state index in [9.17, 15) is 5.11 Å². The van der Waals surface area contributed by atoms with Crippen LogP contribution in [-0.2, 0) is 32.7 Å². The SMILES string of the molecule is COCCOCCOC(CCOCCOC)C(CO)(COP(O)O)COP(O)O. The van der Waals surface area contributed by atoms with Gasteiger partial charge in [-0.1, -0.05) is 0 Å². The van der Waals surface area contributed by atoms with E-state index < -0.39 is 35.3 Å². The van der Waals surface area contributed by atoms with Gasteiger partial charge in [-0.2, -0.15) is 0 Å². The van der Waals surface area contributed by atoms with Crippen molar-refractivity contribution in [1.82, 2.24) is 0 Å². The van der Waals surface area contributed by atoms with Crippen molar-refractivity contribution < 1.29 is 57.4 Å². The molecule has 0 spiro atoms. The summed E-state index contributed by atoms with van der Waals surface area (Å²) in [5, 5.41) is 10.0. The highest BCUT2D eigenvalue weighted by Gasteiger charge is 2.41. The van der Waals surface area contributed by atoms with Gasteiger partial charge >= 0.3 is 17.2 Å². The van der Waals surface area contributed by atoms with E-state index in [2.05, 4.69) is 0 Å². The number of rotatable bonds is 21. The minimum atomic E-state index is -2.69. The van der Waals surface area contributed by atoms with E-state index in [0.717, 1.165) is 0 Å². The molecule has 0 aliphatic carbocycles. The zero-order valence-electron chi connectivity index (χ0n) is 16.8. The van der Waals surface area contributed by atoms with Crippen LogP contribution in [0.5, 0.6) is 0 Å². The van der Waals surface area contributed by atoms with E-state index >= 15 is 0 Å². The summed E-state index contributed by atoms with van der Waals surface area (Å²) < 4.78 is 36.2. The van der Waals surface area contributed by atoms with Gasteiger partial charge in [0.15, 0.2) is 0 Å². The molecule has 1 atom stereocenters. The van der Waals surface area contributed by atoms with Crippen molar-refractivity contribution in [2.24, 2.45) is 5.41 Å². The monoisotopic (exact) mass is 468 g/mol. The maximum absolute atomic E-state index is 10.0. The first-order valence-corrected chi connectivity index (χ1v) is 11.2. The van der Waals surface area contributed by atoms with Crippen molar-refractivity contribution in [3.8, 4) is 0 Å². The zero-order chi connectivity index (χ0) is 22.0. The maximum Gasteiger partial charge on any atom is 0.327 e. The van der Waals surface area contributed by atoms with Crippen LogP contribution in [0.15, 0.2) is 0 Å². The van der Waals surface area contributed by atoms with Crippen molar-refractivity contribution >= 4 is 17.2 Å². The lowest BCUT2D eigenvalue weighted by molar-refractivity contribution is -0.124. The van der Waals surface area contributed by atoms with Gasteiger partial charge in [0.05, 0.1) is 71.0 Å². The summed E-state index contributed by atoms with van der Waals surface area (Å²) >= 11 is 0. The van der Waals surface area contributed by atoms with Crippen molar-refractivity contribution in [1.29, 1.82) is 0 Å². The first-order valence-electron chi connectivity index (χ1n) is 8.89. The second kappa shape index (κ2) is 19.1. The molecule has 0 radical (unpaired) electrons. The number of hydrogen-bond donors (Lipinski definition) is 5. The molecule has 0 aromatic heterocycles. The normalized spacial score (nSPS) is 13.6. The van der Waals surface area contributed by atoms with Gasteiger partial charge in [-0.15, -0.1) is 0 Å². The van der Waals surface area contributed by atoms with Crippen molar-refractivity contribution in [3.05, 3.63) is 0 Å². The third-order valence-electron chi connectivity index (χ3n) is 3.87. The predicted octanol–water partition coefficient (Wildman–Crippen LogP) is -0.477. The van der Waals surface area contributed by atoms with E-state index in [-0.39, 0.29) is 33.0 Å². The van der Waals surface area contributed by atoms with Gasteiger partial charge in [0.25, 0.3) is 0 Å². The summed E-state index contributed by atoms with van der Waals surface area (Å²) in [6, 6.07) is 0. The molecule has 0 aromatic carbocycles. The van der Waals surface area contributed by atoms with E-state index in [4.69, 9.17) is 52.3 Å². The minimum Gasteiger partial charge on any atom is -0.396 e. The topological polar surface area (TPSA) is 166 Å². The maximum atomic E-state index is 10.0. The fourth-order valence-corrected chi connectivity index (χ4v) is 3.03. The third-order valence-corrected chi connectivity index (χ3v) is 4.59. The van der Waals surface area contributed by atoms with Gasteiger partial charge in [-0.25, -0.2) is 0 Å². The van der Waals surface area contributed by atoms with Gasteiger partial charge < -0.3 is 57.4 Å². The van der Waals surface area contributed by atoms with Crippen molar-refractivity contribution in [2.75, 3.05) is 80.3 Å². The van der Waals surface area contributed by atoms with Crippen LogP contribution in [0.25, 0.3) is 0 Å². The van der Waals surface area contributed by atoms with Crippen molar-refractivity contribution in [2.45, 2.75) is 12.5 Å². The average molecular weight is 468 g/mol. The van der Waals surface area contributed by atoms with Gasteiger partial charge in [-0.05, 0) is 6.42 Å².